The van der Waals surface area contributed by atoms with Crippen molar-refractivity contribution in [3.05, 3.63) is 70.8 Å². The van der Waals surface area contributed by atoms with Crippen LogP contribution in [0.25, 0.3) is 0 Å². The fourth-order valence-corrected chi connectivity index (χ4v) is 8.18. The molecule has 4 aromatic rings. The third-order valence-corrected chi connectivity index (χ3v) is 12.2. The largest absolute Gasteiger partial charge is 0.504 e. The van der Waals surface area contributed by atoms with Gasteiger partial charge in [0.1, 0.15) is 31.0 Å². The Bertz CT molecular complexity index is 2640. The van der Waals surface area contributed by atoms with Gasteiger partial charge in [-0.15, -0.1) is 0 Å². The molecule has 1 fully saturated rings. The number of aliphatic hydroxyl groups is 3. The van der Waals surface area contributed by atoms with Crippen LogP contribution in [0.3, 0.4) is 0 Å². The number of hydrogen-bond acceptors (Lipinski definition) is 22. The minimum Gasteiger partial charge on any atom is -0.504 e. The summed E-state index contributed by atoms with van der Waals surface area (Å²) < 4.78 is 34.9. The maximum atomic E-state index is 14.1. The number of phenolic OH excluding ortho intramolecular Hbond substituents is 9. The summed E-state index contributed by atoms with van der Waals surface area (Å²) in [6, 6.07) is 7.60. The Hall–Kier alpha value is -7.24. The molecule has 0 radical (unpaired) electrons. The summed E-state index contributed by atoms with van der Waals surface area (Å²) in [4.78, 5) is 55.4. The van der Waals surface area contributed by atoms with Crippen molar-refractivity contribution in [2.45, 2.75) is 114 Å². The monoisotopic (exact) mass is 982 g/mol. The first-order chi connectivity index (χ1) is 32.8. The second-order valence-electron chi connectivity index (χ2n) is 17.4. The van der Waals surface area contributed by atoms with Gasteiger partial charge < -0.3 is 89.7 Å². The van der Waals surface area contributed by atoms with E-state index in [4.69, 9.17) is 28.4 Å². The van der Waals surface area contributed by atoms with E-state index in [1.165, 1.54) is 19.9 Å². The van der Waals surface area contributed by atoms with E-state index in [2.05, 4.69) is 0 Å². The highest BCUT2D eigenvalue weighted by Crippen LogP contribution is 2.46. The molecular formula is C48H54O22. The van der Waals surface area contributed by atoms with Crippen molar-refractivity contribution in [3.8, 4) is 69.0 Å². The number of ether oxygens (including phenoxy) is 6. The molecule has 2 aliphatic rings. The summed E-state index contributed by atoms with van der Waals surface area (Å²) in [7, 11) is 0. The third kappa shape index (κ3) is 9.94. The van der Waals surface area contributed by atoms with Gasteiger partial charge in [-0.3, -0.25) is 14.4 Å². The lowest BCUT2D eigenvalue weighted by molar-refractivity contribution is -0.290. The average molecular weight is 983 g/mol. The number of fused-ring (bicyclic) bond motifs is 2. The normalized spacial score (nSPS) is 22.7. The van der Waals surface area contributed by atoms with Crippen LogP contribution in [0.2, 0.25) is 0 Å². The zero-order chi connectivity index (χ0) is 51.8. The van der Waals surface area contributed by atoms with E-state index in [-0.39, 0.29) is 47.5 Å². The molecule has 0 saturated carbocycles. The van der Waals surface area contributed by atoms with Gasteiger partial charge in [-0.25, -0.2) is 4.79 Å². The average Bonchev–Trinajstić information content (AvgIpc) is 3.42. The zero-order valence-electron chi connectivity index (χ0n) is 38.4. The quantitative estimate of drug-likeness (QED) is 0.0379. The van der Waals surface area contributed by atoms with Crippen LogP contribution in [-0.4, -0.2) is 145 Å². The first-order valence-corrected chi connectivity index (χ1v) is 22.0. The van der Waals surface area contributed by atoms with Crippen molar-refractivity contribution in [2.24, 2.45) is 0 Å². The second kappa shape index (κ2) is 20.0. The van der Waals surface area contributed by atoms with Crippen LogP contribution in [0.5, 0.6) is 69.0 Å². The van der Waals surface area contributed by atoms with Crippen molar-refractivity contribution in [3.63, 3.8) is 0 Å². The molecule has 4 aromatic carbocycles. The van der Waals surface area contributed by atoms with Crippen LogP contribution in [0.15, 0.2) is 48.5 Å². The standard InChI is InChI=1S/C48H54O22/c1-6-9-46(4,41(61)21-11-25(49)34(54)26(50)12-21)69-32-17-23-16-30(37(32)57)65-20-47(5,42(23)62)66-19-33-38(58)39(59)40(60)45(67-33)68-44(64)24-15-29(53)36(56)31(18-24)70-48(8-3,10-7-2)43(63)22-13-27(51)35(55)28(52)14-22/h11-18,33,38-40,45,49-60H,6-10,19-20H2,1-5H3/t33-,38-,39+,40-,45-,46?,47?,48?/m1/s1. The van der Waals surface area contributed by atoms with Gasteiger partial charge >= 0.3 is 5.97 Å². The molecule has 0 spiro atoms. The molecule has 1 saturated heterocycles. The summed E-state index contributed by atoms with van der Waals surface area (Å²) in [6.07, 6.45) is -9.17. The van der Waals surface area contributed by atoms with Gasteiger partial charge in [0, 0.05) is 16.7 Å². The van der Waals surface area contributed by atoms with Gasteiger partial charge in [-0.1, -0.05) is 33.6 Å². The summed E-state index contributed by atoms with van der Waals surface area (Å²) in [5.41, 5.74) is -6.78. The third-order valence-electron chi connectivity index (χ3n) is 12.2. The van der Waals surface area contributed by atoms with Crippen molar-refractivity contribution in [1.29, 1.82) is 0 Å². The Morgan fingerprint density at radius 3 is 1.74 bits per heavy atom. The van der Waals surface area contributed by atoms with Gasteiger partial charge in [-0.2, -0.15) is 0 Å². The molecule has 2 bridgehead atoms. The number of phenols is 9. The molecule has 0 amide bonds. The van der Waals surface area contributed by atoms with Crippen molar-refractivity contribution < 1.29 is 109 Å². The Labute approximate surface area is 398 Å². The number of esters is 1. The fourth-order valence-electron chi connectivity index (χ4n) is 8.18. The molecule has 22 heteroatoms. The molecule has 22 nitrogen and oxygen atoms in total. The lowest BCUT2D eigenvalue weighted by Gasteiger charge is -2.40. The highest BCUT2D eigenvalue weighted by Gasteiger charge is 2.49. The topological polar surface area (TPSA) is 366 Å². The van der Waals surface area contributed by atoms with E-state index in [9.17, 15) is 80.5 Å². The van der Waals surface area contributed by atoms with Gasteiger partial charge in [0.25, 0.3) is 0 Å². The number of carbonyl (C=O) groups is 4. The highest BCUT2D eigenvalue weighted by atomic mass is 16.7. The maximum Gasteiger partial charge on any atom is 0.340 e. The van der Waals surface area contributed by atoms with Crippen LogP contribution in [-0.2, 0) is 14.2 Å². The van der Waals surface area contributed by atoms with E-state index in [0.717, 1.165) is 42.5 Å². The van der Waals surface area contributed by atoms with Crippen molar-refractivity contribution >= 4 is 23.3 Å². The minimum atomic E-state index is -2.10. The molecule has 3 unspecified atom stereocenters. The highest BCUT2D eigenvalue weighted by molar-refractivity contribution is 6.05. The van der Waals surface area contributed by atoms with Gasteiger partial charge in [0.05, 0.1) is 12.2 Å². The van der Waals surface area contributed by atoms with Gasteiger partial charge in [0.15, 0.2) is 80.1 Å². The molecule has 8 atom stereocenters. The van der Waals surface area contributed by atoms with E-state index < -0.39 is 147 Å². The molecule has 378 valence electrons. The predicted molar refractivity (Wildman–Crippen MR) is 238 cm³/mol. The van der Waals surface area contributed by atoms with Gasteiger partial charge in [0.2, 0.25) is 29.4 Å². The van der Waals surface area contributed by atoms with Crippen LogP contribution in [0.1, 0.15) is 108 Å². The Kier molecular flexibility index (Phi) is 14.9. The number of aromatic hydroxyl groups is 9. The Balaban J connectivity index is 1.19. The summed E-state index contributed by atoms with van der Waals surface area (Å²) in [6.45, 7) is 6.36. The van der Waals surface area contributed by atoms with E-state index >= 15 is 0 Å². The lowest BCUT2D eigenvalue weighted by Crippen LogP contribution is -2.60. The van der Waals surface area contributed by atoms with Crippen LogP contribution >= 0.6 is 0 Å². The van der Waals surface area contributed by atoms with E-state index in [1.54, 1.807) is 20.8 Å². The SMILES string of the molecule is CCCC(C)(Oc1cc2cc(c1O)OCC(C)(OC[C@H]1O[C@H](OC(=O)c3cc(O)c(O)c(OC(CC)(CCC)C(=O)c4cc(O)c(O)c(O)c4)c3)[C@H](O)[C@@H](O)[C@@H]1O)C2=O)C(=O)c1cc(O)c(O)c(O)c1. The lowest BCUT2D eigenvalue weighted by atomic mass is 9.85. The van der Waals surface area contributed by atoms with E-state index in [0.29, 0.717) is 12.8 Å². The molecule has 0 aliphatic carbocycles. The molecular weight excluding hydrogens is 929 g/mol. The number of hydrogen-bond donors (Lipinski definition) is 12. The summed E-state index contributed by atoms with van der Waals surface area (Å²) in [5, 5.41) is 125. The smallest absolute Gasteiger partial charge is 0.340 e. The second-order valence-corrected chi connectivity index (χ2v) is 17.4. The minimum absolute atomic E-state index is 0.0285. The first kappa shape index (κ1) is 52.1. The predicted octanol–water partition coefficient (Wildman–Crippen LogP) is 4.08. The zero-order valence-corrected chi connectivity index (χ0v) is 38.4. The molecule has 12 N–H and O–H groups in total. The first-order valence-electron chi connectivity index (χ1n) is 22.0. The Morgan fingerprint density at radius 1 is 0.657 bits per heavy atom. The number of ketones is 3. The number of carbonyl (C=O) groups excluding carboxylic acids is 4. The number of benzene rings is 4. The van der Waals surface area contributed by atoms with Crippen LogP contribution in [0, 0.1) is 0 Å². The van der Waals surface area contributed by atoms with Crippen LogP contribution in [0.4, 0.5) is 0 Å². The van der Waals surface area contributed by atoms with Gasteiger partial charge in [-0.05, 0) is 81.6 Å². The fraction of sp³-hybridized carbons (Fsp3) is 0.417. The molecule has 2 aliphatic heterocycles. The van der Waals surface area contributed by atoms with E-state index in [1.807, 2.05) is 0 Å². The molecule has 2 heterocycles. The van der Waals surface area contributed by atoms with Crippen molar-refractivity contribution in [2.75, 3.05) is 13.2 Å². The number of Topliss-reactive ketones (excluding diaryl/α,β-unsaturated/α-hetero) is 3. The molecule has 0 aromatic heterocycles. The number of rotatable bonds is 18. The Morgan fingerprint density at radius 2 is 1.19 bits per heavy atom. The summed E-state index contributed by atoms with van der Waals surface area (Å²) in [5.74, 6) is -12.3. The molecule has 6 rings (SSSR count). The van der Waals surface area contributed by atoms with Crippen molar-refractivity contribution in [1.82, 2.24) is 0 Å². The maximum absolute atomic E-state index is 14.1. The van der Waals surface area contributed by atoms with Crippen LogP contribution < -0.4 is 14.2 Å². The summed E-state index contributed by atoms with van der Waals surface area (Å²) >= 11 is 0. The molecule has 70 heavy (non-hydrogen) atoms. The number of aliphatic hydroxyl groups excluding tert-OH is 3.